The molecule has 28 nitrogen and oxygen atoms in total. The van der Waals surface area contributed by atoms with Crippen LogP contribution in [0.2, 0.25) is 0 Å². The smallest absolute Gasteiger partial charge is 0.320 e. The molecule has 0 bridgehead atoms. The highest BCUT2D eigenvalue weighted by Gasteiger charge is 2.33. The van der Waals surface area contributed by atoms with Gasteiger partial charge in [0.1, 0.15) is 47.1 Å². The van der Waals surface area contributed by atoms with Gasteiger partial charge in [0.25, 0.3) is 0 Å². The van der Waals surface area contributed by atoms with Crippen LogP contribution in [0.5, 0.6) is 11.5 Å². The summed E-state index contributed by atoms with van der Waals surface area (Å²) in [5, 5.41) is 38.0. The van der Waals surface area contributed by atoms with Crippen LogP contribution in [0.25, 0.3) is 0 Å². The molecule has 2 aliphatic rings. The number of carboxylic acids is 4. The first-order valence-corrected chi connectivity index (χ1v) is 34.0. The van der Waals surface area contributed by atoms with Crippen LogP contribution in [0.3, 0.4) is 0 Å². The predicted octanol–water partition coefficient (Wildman–Crippen LogP) is 4.17. The topological polar surface area (TPSA) is 317 Å². The normalized spacial score (nSPS) is 18.2. The molecule has 0 aliphatic carbocycles. The molecule has 2 saturated heterocycles. The van der Waals surface area contributed by atoms with Crippen LogP contribution in [-0.2, 0) is 79.6 Å². The van der Waals surface area contributed by atoms with E-state index in [0.717, 1.165) is 16.9 Å². The van der Waals surface area contributed by atoms with Gasteiger partial charge in [-0.05, 0) is 145 Å². The highest BCUT2D eigenvalue weighted by Crippen LogP contribution is 2.21. The quantitative estimate of drug-likeness (QED) is 0.0484. The monoisotopic (exact) mass is 1390 g/mol. The van der Waals surface area contributed by atoms with Crippen molar-refractivity contribution < 1.29 is 96.7 Å². The van der Waals surface area contributed by atoms with Gasteiger partial charge >= 0.3 is 47.8 Å². The summed E-state index contributed by atoms with van der Waals surface area (Å²) in [6.07, 6.45) is 0.931. The first-order chi connectivity index (χ1) is 45.8. The summed E-state index contributed by atoms with van der Waals surface area (Å²) in [6.45, 7) is 32.4. The van der Waals surface area contributed by atoms with Crippen LogP contribution >= 0.6 is 0 Å². The van der Waals surface area contributed by atoms with Crippen LogP contribution < -0.4 is 9.47 Å². The molecule has 2 aliphatic heterocycles. The van der Waals surface area contributed by atoms with E-state index in [9.17, 15) is 58.8 Å². The largest absolute Gasteiger partial charge is 0.491 e. The fourth-order valence-electron chi connectivity index (χ4n) is 10.9. The van der Waals surface area contributed by atoms with E-state index in [0.29, 0.717) is 104 Å². The number of rotatable bonds is 30. The first kappa shape index (κ1) is 85.6. The third-order valence-electron chi connectivity index (χ3n) is 15.0. The minimum Gasteiger partial charge on any atom is -0.491 e. The zero-order valence-corrected chi connectivity index (χ0v) is 60.9. The molecular weight excluding hydrogens is 1270 g/mol. The van der Waals surface area contributed by atoms with Gasteiger partial charge in [-0.15, -0.1) is 0 Å². The van der Waals surface area contributed by atoms with E-state index >= 15 is 0 Å². The molecule has 98 heavy (non-hydrogen) atoms. The van der Waals surface area contributed by atoms with Gasteiger partial charge in [0.05, 0.1) is 65.6 Å². The molecule has 2 aromatic rings. The minimum absolute atomic E-state index is 0.00566. The van der Waals surface area contributed by atoms with E-state index in [1.54, 1.807) is 19.6 Å². The number of carboxylic acid groups (broad SMARTS) is 4. The summed E-state index contributed by atoms with van der Waals surface area (Å²) in [6, 6.07) is 14.5. The molecule has 2 heterocycles. The van der Waals surface area contributed by atoms with E-state index in [1.165, 1.54) is 0 Å². The number of hydrogen-bond acceptors (Lipinski definition) is 24. The molecule has 0 radical (unpaired) electrons. The molecule has 0 unspecified atom stereocenters. The van der Waals surface area contributed by atoms with Crippen molar-refractivity contribution in [1.82, 2.24) is 39.2 Å². The summed E-state index contributed by atoms with van der Waals surface area (Å²) < 4.78 is 45.2. The van der Waals surface area contributed by atoms with Gasteiger partial charge in [0, 0.05) is 117 Å². The van der Waals surface area contributed by atoms with Crippen LogP contribution in [0.15, 0.2) is 48.5 Å². The molecule has 0 amide bonds. The molecule has 556 valence electrons. The Bertz CT molecular complexity index is 2730. The van der Waals surface area contributed by atoms with E-state index in [1.807, 2.05) is 160 Å². The Kier molecular flexibility index (Phi) is 37.7. The lowest BCUT2D eigenvalue weighted by Crippen LogP contribution is -2.54. The Balaban J connectivity index is 0.000000538. The average molecular weight is 1390 g/mol. The van der Waals surface area contributed by atoms with Crippen molar-refractivity contribution in [3.63, 3.8) is 0 Å². The van der Waals surface area contributed by atoms with Crippen LogP contribution in [-0.4, -0.2) is 325 Å². The third-order valence-corrected chi connectivity index (χ3v) is 15.0. The average Bonchev–Trinajstić information content (AvgIpc) is 0.858. The molecule has 4 rings (SSSR count). The number of hydrogen-bond donors (Lipinski definition) is 4. The molecular formula is C70H116N8O20. The van der Waals surface area contributed by atoms with Gasteiger partial charge in [-0.3, -0.25) is 77.6 Å². The number of benzene rings is 2. The first-order valence-electron chi connectivity index (χ1n) is 34.0. The Morgan fingerprint density at radius 1 is 0.347 bits per heavy atom. The van der Waals surface area contributed by atoms with Crippen molar-refractivity contribution in [3.8, 4) is 11.5 Å². The maximum absolute atomic E-state index is 13.6. The van der Waals surface area contributed by atoms with Gasteiger partial charge in [-0.1, -0.05) is 24.3 Å². The Morgan fingerprint density at radius 3 is 0.908 bits per heavy atom. The van der Waals surface area contributed by atoms with Crippen LogP contribution in [0.4, 0.5) is 0 Å². The van der Waals surface area contributed by atoms with Crippen molar-refractivity contribution in [2.24, 2.45) is 0 Å². The Hall–Kier alpha value is -6.60. The second-order valence-electron chi connectivity index (χ2n) is 28.5. The zero-order chi connectivity index (χ0) is 73.2. The highest BCUT2D eigenvalue weighted by molar-refractivity contribution is 5.74. The van der Waals surface area contributed by atoms with Crippen LogP contribution in [0, 0.1) is 0 Å². The van der Waals surface area contributed by atoms with Gasteiger partial charge in [-0.2, -0.15) is 0 Å². The number of nitrogens with zero attached hydrogens (tertiary/aromatic N) is 8. The lowest BCUT2D eigenvalue weighted by atomic mass is 10.0. The maximum Gasteiger partial charge on any atom is 0.320 e. The van der Waals surface area contributed by atoms with Crippen molar-refractivity contribution in [1.29, 1.82) is 0 Å². The van der Waals surface area contributed by atoms with Crippen molar-refractivity contribution in [3.05, 3.63) is 59.7 Å². The number of carbonyl (C=O) groups is 8. The van der Waals surface area contributed by atoms with Gasteiger partial charge in [-0.25, -0.2) is 0 Å². The number of aliphatic carboxylic acids is 4. The van der Waals surface area contributed by atoms with Crippen molar-refractivity contribution in [2.75, 3.05) is 184 Å². The zero-order valence-electron chi connectivity index (χ0n) is 60.9. The fraction of sp³-hybridized carbons (Fsp3) is 0.714. The van der Waals surface area contributed by atoms with E-state index in [-0.39, 0.29) is 128 Å². The maximum atomic E-state index is 13.6. The summed E-state index contributed by atoms with van der Waals surface area (Å²) in [4.78, 5) is 115. The van der Waals surface area contributed by atoms with Crippen LogP contribution in [0.1, 0.15) is 108 Å². The van der Waals surface area contributed by atoms with E-state index in [4.69, 9.17) is 37.9 Å². The fourth-order valence-corrected chi connectivity index (χ4v) is 10.9. The molecule has 0 spiro atoms. The predicted molar refractivity (Wildman–Crippen MR) is 368 cm³/mol. The van der Waals surface area contributed by atoms with E-state index < -0.39 is 52.3 Å². The molecule has 4 N–H and O–H groups in total. The molecule has 2 atom stereocenters. The Labute approximate surface area is 580 Å². The molecule has 2 aromatic carbocycles. The molecule has 2 fully saturated rings. The summed E-state index contributed by atoms with van der Waals surface area (Å²) >= 11 is 0. The van der Waals surface area contributed by atoms with E-state index in [2.05, 4.69) is 4.90 Å². The lowest BCUT2D eigenvalue weighted by Gasteiger charge is -2.39. The standard InChI is InChI=1S/C43H74N4O10.C27H42N4O10/c1-14-52-25-26-53-35-17-15-33(16-18-35)27-34-28-46(31-38(50)56-42(8,9)10)22-21-44(29-36(48)54-40(2,3)4)19-20-45(30-37(49)55-41(5,6)7)23-24-47(34)32-39(51)57-43(11,12)13;1-2-40-13-14-41-23-5-3-21(4-6-23)15-22-16-30(19-26(36)37)10-9-28(17-24(32)33)7-8-29(18-25(34)35)11-12-31(22)20-27(38)39/h15-18,34H,14,19-32H2,1-13H3;3-6,22H,2,7-20H2,1H3,(H,32,33)(H,34,35)(H,36,37)(H,38,39)/t34-;22-/m00/s1. The molecule has 28 heteroatoms. The Morgan fingerprint density at radius 2 is 0.602 bits per heavy atom. The summed E-state index contributed by atoms with van der Waals surface area (Å²) in [5.41, 5.74) is -0.804. The van der Waals surface area contributed by atoms with Gasteiger partial charge in [0.2, 0.25) is 0 Å². The molecule has 0 saturated carbocycles. The summed E-state index contributed by atoms with van der Waals surface area (Å²) in [7, 11) is 0. The summed E-state index contributed by atoms with van der Waals surface area (Å²) in [5.74, 6) is -4.28. The minimum atomic E-state index is -1.05. The number of ether oxygens (including phenoxy) is 8. The SMILES string of the molecule is CCOCCOc1ccc(C[C@H]2CN(CC(=O)O)CCN(CC(=O)O)CCN(CC(=O)O)CCN2CC(=O)O)cc1.CCOCCOc1ccc(C[C@H]2CN(CC(=O)OC(C)(C)C)CCN(CC(=O)OC(C)(C)C)CCN(CC(=O)OC(C)(C)C)CCN2CC(=O)OC(C)(C)C)cc1. The highest BCUT2D eigenvalue weighted by atomic mass is 16.6. The van der Waals surface area contributed by atoms with Gasteiger partial charge < -0.3 is 58.3 Å². The second-order valence-corrected chi connectivity index (χ2v) is 28.5. The van der Waals surface area contributed by atoms with Gasteiger partial charge in [0.15, 0.2) is 0 Å². The molecule has 0 aromatic heterocycles. The van der Waals surface area contributed by atoms with Crippen molar-refractivity contribution in [2.45, 2.75) is 144 Å². The second kappa shape index (κ2) is 43.1. The lowest BCUT2D eigenvalue weighted by molar-refractivity contribution is -0.160. The number of esters is 4. The van der Waals surface area contributed by atoms with Crippen molar-refractivity contribution >= 4 is 47.8 Å². The number of carbonyl (C=O) groups excluding carboxylic acids is 4. The third kappa shape index (κ3) is 40.5.